The van der Waals surface area contributed by atoms with E-state index in [2.05, 4.69) is 4.99 Å². The molecule has 1 N–H and O–H groups in total. The van der Waals surface area contributed by atoms with Gasteiger partial charge in [-0.3, -0.25) is 4.99 Å². The number of esters is 1. The third-order valence-electron chi connectivity index (χ3n) is 2.45. The van der Waals surface area contributed by atoms with Crippen LogP contribution in [0.1, 0.15) is 33.6 Å². The molecule has 0 saturated carbocycles. The Morgan fingerprint density at radius 2 is 2.25 bits per heavy atom. The summed E-state index contributed by atoms with van der Waals surface area (Å²) in [4.78, 5) is 16.0. The molecular weight excluding hydrogens is 206 g/mol. The van der Waals surface area contributed by atoms with Gasteiger partial charge in [0.05, 0.1) is 12.3 Å². The summed E-state index contributed by atoms with van der Waals surface area (Å²) in [6, 6.07) is 0. The molecule has 4 nitrogen and oxygen atoms in total. The molecule has 0 aromatic rings. The highest BCUT2D eigenvalue weighted by Gasteiger charge is 2.25. The van der Waals surface area contributed by atoms with Crippen molar-refractivity contribution in [2.75, 3.05) is 13.2 Å². The van der Waals surface area contributed by atoms with E-state index in [-0.39, 0.29) is 17.3 Å². The Balaban J connectivity index is 3.02. The molecule has 1 heterocycles. The molecule has 0 amide bonds. The molecule has 0 spiro atoms. The third-order valence-corrected chi connectivity index (χ3v) is 2.45. The fraction of sp³-hybridized carbons (Fsp3) is 0.667. The van der Waals surface area contributed by atoms with E-state index in [1.165, 1.54) is 0 Å². The van der Waals surface area contributed by atoms with Crippen molar-refractivity contribution in [3.63, 3.8) is 0 Å². The van der Waals surface area contributed by atoms with Crippen molar-refractivity contribution in [1.29, 1.82) is 0 Å². The van der Waals surface area contributed by atoms with Gasteiger partial charge in [0.15, 0.2) is 0 Å². The van der Waals surface area contributed by atoms with E-state index in [4.69, 9.17) is 4.74 Å². The summed E-state index contributed by atoms with van der Waals surface area (Å²) in [5.41, 5.74) is 0.957. The average molecular weight is 225 g/mol. The van der Waals surface area contributed by atoms with Gasteiger partial charge in [0, 0.05) is 12.5 Å². The maximum atomic E-state index is 11.8. The monoisotopic (exact) mass is 225 g/mol. The van der Waals surface area contributed by atoms with Crippen molar-refractivity contribution in [2.24, 2.45) is 10.9 Å². The zero-order valence-corrected chi connectivity index (χ0v) is 10.1. The van der Waals surface area contributed by atoms with Gasteiger partial charge in [0.2, 0.25) is 0 Å². The summed E-state index contributed by atoms with van der Waals surface area (Å²) in [6.07, 6.45) is 1.68. The van der Waals surface area contributed by atoms with Crippen LogP contribution in [0.25, 0.3) is 0 Å². The molecule has 1 rings (SSSR count). The molecule has 90 valence electrons. The SMILES string of the molecule is CCOC(=O)/C(C1=NCCC1)=C(/O)C(C)C. The minimum Gasteiger partial charge on any atom is -0.511 e. The van der Waals surface area contributed by atoms with Crippen molar-refractivity contribution < 1.29 is 14.6 Å². The summed E-state index contributed by atoms with van der Waals surface area (Å²) in [5, 5.41) is 9.94. The second-order valence-corrected chi connectivity index (χ2v) is 4.07. The number of aliphatic hydroxyl groups excluding tert-OH is 1. The van der Waals surface area contributed by atoms with Gasteiger partial charge < -0.3 is 9.84 Å². The minimum absolute atomic E-state index is 0.0825. The van der Waals surface area contributed by atoms with Crippen LogP contribution in [0.4, 0.5) is 0 Å². The van der Waals surface area contributed by atoms with Crippen LogP contribution in [0.3, 0.4) is 0 Å². The number of nitrogens with zero attached hydrogens (tertiary/aromatic N) is 1. The van der Waals surface area contributed by atoms with Gasteiger partial charge in [0.25, 0.3) is 0 Å². The Hall–Kier alpha value is -1.32. The van der Waals surface area contributed by atoms with Gasteiger partial charge in [-0.25, -0.2) is 4.79 Å². The number of aliphatic hydroxyl groups is 1. The maximum Gasteiger partial charge on any atom is 0.343 e. The fourth-order valence-corrected chi connectivity index (χ4v) is 1.61. The number of hydrogen-bond donors (Lipinski definition) is 1. The first-order valence-electron chi connectivity index (χ1n) is 5.71. The van der Waals surface area contributed by atoms with Crippen LogP contribution in [0.2, 0.25) is 0 Å². The second-order valence-electron chi connectivity index (χ2n) is 4.07. The zero-order chi connectivity index (χ0) is 12.1. The molecule has 16 heavy (non-hydrogen) atoms. The Kier molecular flexibility index (Phi) is 4.52. The number of hydrogen-bond acceptors (Lipinski definition) is 4. The smallest absolute Gasteiger partial charge is 0.343 e. The lowest BCUT2D eigenvalue weighted by Gasteiger charge is -2.12. The van der Waals surface area contributed by atoms with E-state index in [1.54, 1.807) is 6.92 Å². The Bertz CT molecular complexity index is 329. The Morgan fingerprint density at radius 1 is 1.56 bits per heavy atom. The Morgan fingerprint density at radius 3 is 2.69 bits per heavy atom. The lowest BCUT2D eigenvalue weighted by molar-refractivity contribution is -0.138. The van der Waals surface area contributed by atoms with Crippen molar-refractivity contribution in [3.8, 4) is 0 Å². The standard InChI is InChI=1S/C12H19NO3/c1-4-16-12(15)10(11(14)8(2)3)9-6-5-7-13-9/h8,14H,4-7H2,1-3H3/b11-10+. The van der Waals surface area contributed by atoms with Crippen LogP contribution in [0.15, 0.2) is 16.3 Å². The Labute approximate surface area is 96.0 Å². The van der Waals surface area contributed by atoms with E-state index in [0.29, 0.717) is 12.3 Å². The van der Waals surface area contributed by atoms with Gasteiger partial charge in [-0.05, 0) is 19.8 Å². The molecule has 4 heteroatoms. The predicted molar refractivity (Wildman–Crippen MR) is 62.7 cm³/mol. The first kappa shape index (κ1) is 12.7. The molecule has 1 aliphatic rings. The van der Waals surface area contributed by atoms with Crippen molar-refractivity contribution in [3.05, 3.63) is 11.3 Å². The number of rotatable bonds is 4. The van der Waals surface area contributed by atoms with Crippen LogP contribution in [-0.2, 0) is 9.53 Å². The molecule has 0 unspecified atom stereocenters. The number of carbonyl (C=O) groups excluding carboxylic acids is 1. The highest BCUT2D eigenvalue weighted by atomic mass is 16.5. The summed E-state index contributed by atoms with van der Waals surface area (Å²) in [6.45, 7) is 6.46. The largest absolute Gasteiger partial charge is 0.511 e. The van der Waals surface area contributed by atoms with Gasteiger partial charge >= 0.3 is 5.97 Å². The van der Waals surface area contributed by atoms with Crippen molar-refractivity contribution in [1.82, 2.24) is 0 Å². The third kappa shape index (κ3) is 2.84. The first-order valence-corrected chi connectivity index (χ1v) is 5.71. The fourth-order valence-electron chi connectivity index (χ4n) is 1.61. The van der Waals surface area contributed by atoms with E-state index in [0.717, 1.165) is 19.4 Å². The molecule has 0 aromatic heterocycles. The molecule has 0 aliphatic carbocycles. The van der Waals surface area contributed by atoms with Crippen LogP contribution < -0.4 is 0 Å². The molecule has 0 fully saturated rings. The molecule has 0 aromatic carbocycles. The lowest BCUT2D eigenvalue weighted by Crippen LogP contribution is -2.19. The van der Waals surface area contributed by atoms with E-state index >= 15 is 0 Å². The van der Waals surface area contributed by atoms with Gasteiger partial charge in [-0.2, -0.15) is 0 Å². The molecule has 0 bridgehead atoms. The van der Waals surface area contributed by atoms with Crippen molar-refractivity contribution in [2.45, 2.75) is 33.6 Å². The first-order chi connectivity index (χ1) is 7.57. The van der Waals surface area contributed by atoms with Gasteiger partial charge in [-0.1, -0.05) is 13.8 Å². The van der Waals surface area contributed by atoms with E-state index in [9.17, 15) is 9.90 Å². The van der Waals surface area contributed by atoms with Crippen LogP contribution in [0.5, 0.6) is 0 Å². The summed E-state index contributed by atoms with van der Waals surface area (Å²) < 4.78 is 4.95. The predicted octanol–water partition coefficient (Wildman–Crippen LogP) is 2.25. The zero-order valence-electron chi connectivity index (χ0n) is 10.1. The van der Waals surface area contributed by atoms with Crippen LogP contribution >= 0.6 is 0 Å². The minimum atomic E-state index is -0.464. The van der Waals surface area contributed by atoms with E-state index < -0.39 is 5.97 Å². The van der Waals surface area contributed by atoms with Crippen molar-refractivity contribution >= 4 is 11.7 Å². The lowest BCUT2D eigenvalue weighted by atomic mass is 10.0. The molecule has 0 radical (unpaired) electrons. The summed E-state index contributed by atoms with van der Waals surface area (Å²) in [5.74, 6) is -0.476. The molecule has 0 atom stereocenters. The second kappa shape index (κ2) is 5.68. The number of carbonyl (C=O) groups is 1. The quantitative estimate of drug-likeness (QED) is 0.453. The number of aliphatic imine (C=N–C) groups is 1. The van der Waals surface area contributed by atoms with Crippen LogP contribution in [0, 0.1) is 5.92 Å². The summed E-state index contributed by atoms with van der Waals surface area (Å²) >= 11 is 0. The maximum absolute atomic E-state index is 11.8. The average Bonchev–Trinajstić information content (AvgIpc) is 2.71. The topological polar surface area (TPSA) is 58.9 Å². The number of allylic oxidation sites excluding steroid dienone is 1. The number of ether oxygens (including phenoxy) is 1. The molecule has 0 saturated heterocycles. The normalized spacial score (nSPS) is 17.1. The van der Waals surface area contributed by atoms with E-state index in [1.807, 2.05) is 13.8 Å². The van der Waals surface area contributed by atoms with Crippen LogP contribution in [-0.4, -0.2) is 29.9 Å². The van der Waals surface area contributed by atoms with Gasteiger partial charge in [0.1, 0.15) is 11.3 Å². The highest BCUT2D eigenvalue weighted by molar-refractivity contribution is 6.20. The highest BCUT2D eigenvalue weighted by Crippen LogP contribution is 2.20. The van der Waals surface area contributed by atoms with Gasteiger partial charge in [-0.15, -0.1) is 0 Å². The summed E-state index contributed by atoms with van der Waals surface area (Å²) in [7, 11) is 0. The molecular formula is C12H19NO3. The molecule has 1 aliphatic heterocycles.